The molecule has 3 aromatic heterocycles. The number of anilines is 1. The Morgan fingerprint density at radius 3 is 2.68 bits per heavy atom. The number of rotatable bonds is 4. The third-order valence-corrected chi connectivity index (χ3v) is 4.36. The Kier molecular flexibility index (Phi) is 3.95. The minimum absolute atomic E-state index is 0.595. The summed E-state index contributed by atoms with van der Waals surface area (Å²) in [4.78, 5) is 13.1. The van der Waals surface area contributed by atoms with Gasteiger partial charge in [0.2, 0.25) is 0 Å². The molecule has 5 aromatic rings. The molecule has 0 spiro atoms. The normalized spacial score (nSPS) is 11.4. The van der Waals surface area contributed by atoms with Crippen LogP contribution in [-0.4, -0.2) is 30.9 Å². The van der Waals surface area contributed by atoms with Crippen LogP contribution in [0.1, 0.15) is 5.56 Å². The maximum Gasteiger partial charge on any atom is 0.168 e. The molecule has 0 atom stereocenters. The highest BCUT2D eigenvalue weighted by molar-refractivity contribution is 5.90. The molecule has 0 aliphatic heterocycles. The first-order chi connectivity index (χ1) is 13.9. The van der Waals surface area contributed by atoms with Crippen LogP contribution in [0.2, 0.25) is 0 Å². The number of nitrogens with one attached hydrogen (secondary N) is 1. The molecule has 2 aromatic carbocycles. The topological polar surface area (TPSA) is 80.9 Å². The fourth-order valence-corrected chi connectivity index (χ4v) is 3.02. The summed E-state index contributed by atoms with van der Waals surface area (Å²) in [5.74, 6) is 0.595. The molecule has 5 rings (SSSR count). The van der Waals surface area contributed by atoms with Crippen molar-refractivity contribution in [1.82, 2.24) is 24.7 Å². The van der Waals surface area contributed by atoms with Gasteiger partial charge in [-0.1, -0.05) is 36.4 Å². The Morgan fingerprint density at radius 2 is 1.75 bits per heavy atom. The highest BCUT2D eigenvalue weighted by Crippen LogP contribution is 2.21. The monoisotopic (exact) mass is 365 g/mol. The van der Waals surface area contributed by atoms with Crippen molar-refractivity contribution in [2.75, 3.05) is 5.43 Å². The molecular formula is C21H15N7. The second kappa shape index (κ2) is 6.88. The summed E-state index contributed by atoms with van der Waals surface area (Å²) in [7, 11) is 0. The first kappa shape index (κ1) is 16.1. The van der Waals surface area contributed by atoms with Crippen LogP contribution in [0.5, 0.6) is 0 Å². The number of nitrogens with zero attached hydrogens (tertiary/aromatic N) is 6. The molecule has 0 bridgehead atoms. The van der Waals surface area contributed by atoms with Gasteiger partial charge in [0.15, 0.2) is 11.5 Å². The summed E-state index contributed by atoms with van der Waals surface area (Å²) >= 11 is 0. The standard InChI is InChI=1S/C21H15N7/c1-2-7-17(8-3-1)28-21-18(13-26-28)20(23-14-24-21)27-25-12-15-10-16-6-4-5-9-19(16)22-11-15/h1-14H,(H,23,24,27). The number of hydrogen-bond donors (Lipinski definition) is 1. The molecule has 0 radical (unpaired) electrons. The molecule has 0 amide bonds. The van der Waals surface area contributed by atoms with Crippen LogP contribution in [0, 0.1) is 0 Å². The fourth-order valence-electron chi connectivity index (χ4n) is 3.02. The number of benzene rings is 2. The van der Waals surface area contributed by atoms with Crippen molar-refractivity contribution in [2.24, 2.45) is 5.10 Å². The molecule has 7 heteroatoms. The van der Waals surface area contributed by atoms with E-state index in [1.165, 1.54) is 6.33 Å². The summed E-state index contributed by atoms with van der Waals surface area (Å²) in [6.45, 7) is 0. The van der Waals surface area contributed by atoms with E-state index in [0.717, 1.165) is 27.5 Å². The summed E-state index contributed by atoms with van der Waals surface area (Å²) < 4.78 is 1.78. The van der Waals surface area contributed by atoms with Gasteiger partial charge in [0.1, 0.15) is 6.33 Å². The van der Waals surface area contributed by atoms with Gasteiger partial charge in [-0.3, -0.25) is 10.4 Å². The van der Waals surface area contributed by atoms with Gasteiger partial charge in [-0.05, 0) is 24.3 Å². The smallest absolute Gasteiger partial charge is 0.168 e. The van der Waals surface area contributed by atoms with E-state index in [4.69, 9.17) is 0 Å². The van der Waals surface area contributed by atoms with Gasteiger partial charge in [0, 0.05) is 17.1 Å². The minimum Gasteiger partial charge on any atom is -0.261 e. The van der Waals surface area contributed by atoms with Crippen molar-refractivity contribution in [3.8, 4) is 5.69 Å². The van der Waals surface area contributed by atoms with Crippen LogP contribution in [0.3, 0.4) is 0 Å². The quantitative estimate of drug-likeness (QED) is 0.387. The van der Waals surface area contributed by atoms with Crippen LogP contribution in [0.25, 0.3) is 27.6 Å². The Morgan fingerprint density at radius 1 is 0.893 bits per heavy atom. The lowest BCUT2D eigenvalue weighted by Crippen LogP contribution is -1.99. The van der Waals surface area contributed by atoms with Crippen molar-refractivity contribution in [2.45, 2.75) is 0 Å². The molecule has 28 heavy (non-hydrogen) atoms. The minimum atomic E-state index is 0.595. The van der Waals surface area contributed by atoms with E-state index >= 15 is 0 Å². The number of hydrogen-bond acceptors (Lipinski definition) is 6. The van der Waals surface area contributed by atoms with E-state index in [1.54, 1.807) is 23.3 Å². The fraction of sp³-hybridized carbons (Fsp3) is 0. The molecular weight excluding hydrogens is 350 g/mol. The zero-order chi connectivity index (χ0) is 18.8. The molecule has 0 saturated carbocycles. The second-order valence-corrected chi connectivity index (χ2v) is 6.18. The Bertz CT molecular complexity index is 1290. The zero-order valence-electron chi connectivity index (χ0n) is 14.8. The summed E-state index contributed by atoms with van der Waals surface area (Å²) in [5, 5.41) is 10.6. The molecule has 3 heterocycles. The molecule has 0 aliphatic carbocycles. The van der Waals surface area contributed by atoms with E-state index < -0.39 is 0 Å². The Labute approximate surface area is 160 Å². The maximum atomic E-state index is 4.44. The van der Waals surface area contributed by atoms with E-state index in [-0.39, 0.29) is 0 Å². The van der Waals surface area contributed by atoms with Crippen molar-refractivity contribution >= 4 is 34.0 Å². The molecule has 0 aliphatic rings. The molecule has 0 fully saturated rings. The zero-order valence-corrected chi connectivity index (χ0v) is 14.8. The SMILES string of the molecule is C(=NNc1ncnc2c1cnn2-c1ccccc1)c1cnc2ccccc2c1. The maximum absolute atomic E-state index is 4.44. The molecule has 134 valence electrons. The Hall–Kier alpha value is -4.13. The summed E-state index contributed by atoms with van der Waals surface area (Å²) in [6.07, 6.45) is 6.74. The average molecular weight is 365 g/mol. The van der Waals surface area contributed by atoms with Gasteiger partial charge in [-0.15, -0.1) is 0 Å². The third kappa shape index (κ3) is 2.95. The largest absolute Gasteiger partial charge is 0.261 e. The predicted molar refractivity (Wildman–Crippen MR) is 110 cm³/mol. The van der Waals surface area contributed by atoms with Crippen molar-refractivity contribution in [1.29, 1.82) is 0 Å². The van der Waals surface area contributed by atoms with Crippen molar-refractivity contribution < 1.29 is 0 Å². The third-order valence-electron chi connectivity index (χ3n) is 4.36. The number of fused-ring (bicyclic) bond motifs is 2. The number of para-hydroxylation sites is 2. The van der Waals surface area contributed by atoms with E-state index in [9.17, 15) is 0 Å². The van der Waals surface area contributed by atoms with Gasteiger partial charge in [0.25, 0.3) is 0 Å². The molecule has 0 saturated heterocycles. The van der Waals surface area contributed by atoms with Gasteiger partial charge < -0.3 is 0 Å². The molecule has 7 nitrogen and oxygen atoms in total. The van der Waals surface area contributed by atoms with Gasteiger partial charge in [-0.25, -0.2) is 14.6 Å². The van der Waals surface area contributed by atoms with E-state index in [0.29, 0.717) is 11.5 Å². The van der Waals surface area contributed by atoms with Gasteiger partial charge >= 0.3 is 0 Å². The number of aromatic nitrogens is 5. The lowest BCUT2D eigenvalue weighted by Gasteiger charge is -2.03. The average Bonchev–Trinajstić information content (AvgIpc) is 3.19. The van der Waals surface area contributed by atoms with Crippen LogP contribution in [-0.2, 0) is 0 Å². The van der Waals surface area contributed by atoms with Crippen LogP contribution < -0.4 is 5.43 Å². The molecule has 1 N–H and O–H groups in total. The first-order valence-electron chi connectivity index (χ1n) is 8.76. The van der Waals surface area contributed by atoms with E-state index in [1.807, 2.05) is 60.7 Å². The van der Waals surface area contributed by atoms with Crippen LogP contribution in [0.4, 0.5) is 5.82 Å². The summed E-state index contributed by atoms with van der Waals surface area (Å²) in [5.41, 5.74) is 6.49. The second-order valence-electron chi connectivity index (χ2n) is 6.18. The first-order valence-corrected chi connectivity index (χ1v) is 8.76. The highest BCUT2D eigenvalue weighted by atomic mass is 15.3. The van der Waals surface area contributed by atoms with Crippen LogP contribution in [0.15, 0.2) is 84.5 Å². The lowest BCUT2D eigenvalue weighted by atomic mass is 10.2. The van der Waals surface area contributed by atoms with Crippen molar-refractivity contribution in [3.63, 3.8) is 0 Å². The van der Waals surface area contributed by atoms with Gasteiger partial charge in [-0.2, -0.15) is 10.2 Å². The summed E-state index contributed by atoms with van der Waals surface area (Å²) in [6, 6.07) is 19.9. The van der Waals surface area contributed by atoms with Gasteiger partial charge in [0.05, 0.1) is 29.0 Å². The predicted octanol–water partition coefficient (Wildman–Crippen LogP) is 3.81. The molecule has 0 unspecified atom stereocenters. The van der Waals surface area contributed by atoms with Crippen LogP contribution >= 0.6 is 0 Å². The van der Waals surface area contributed by atoms with E-state index in [2.05, 4.69) is 30.6 Å². The Balaban J connectivity index is 1.43. The number of hydrazone groups is 1. The van der Waals surface area contributed by atoms with Crippen molar-refractivity contribution in [3.05, 3.63) is 84.9 Å². The lowest BCUT2D eigenvalue weighted by molar-refractivity contribution is 0.895. The highest BCUT2D eigenvalue weighted by Gasteiger charge is 2.10. The number of pyridine rings is 1.